The topological polar surface area (TPSA) is 37.3 Å². The molecule has 0 saturated carbocycles. The lowest BCUT2D eigenvalue weighted by Gasteiger charge is -1.99. The van der Waals surface area contributed by atoms with Crippen molar-refractivity contribution in [1.29, 1.82) is 0 Å². The Labute approximate surface area is 65.0 Å². The molecule has 56 valence electrons. The first-order chi connectivity index (χ1) is 4.70. The van der Waals surface area contributed by atoms with E-state index in [1.165, 1.54) is 0 Å². The molecule has 0 aliphatic carbocycles. The fourth-order valence-electron chi connectivity index (χ4n) is 0.470. The second kappa shape index (κ2) is 5.19. The summed E-state index contributed by atoms with van der Waals surface area (Å²) in [4.78, 5) is 9.95. The second-order valence-corrected chi connectivity index (χ2v) is 2.75. The molecule has 2 nitrogen and oxygen atoms in total. The summed E-state index contributed by atoms with van der Waals surface area (Å²) in [6, 6.07) is 0. The van der Waals surface area contributed by atoms with Gasteiger partial charge in [-0.1, -0.05) is 12.8 Å². The number of carboxylic acids is 1. The van der Waals surface area contributed by atoms with E-state index in [0.29, 0.717) is 0 Å². The van der Waals surface area contributed by atoms with Crippen molar-refractivity contribution in [3.8, 4) is 11.8 Å². The lowest BCUT2D eigenvalue weighted by molar-refractivity contribution is -0.130. The van der Waals surface area contributed by atoms with Gasteiger partial charge in [0, 0.05) is 5.92 Å². The number of thioether (sulfide) groups is 1. The normalized spacial score (nSPS) is 11.4. The fraction of sp³-hybridized carbons (Fsp3) is 0.571. The molecule has 0 heterocycles. The zero-order chi connectivity index (χ0) is 7.98. The lowest BCUT2D eigenvalue weighted by atomic mass is 10.3. The third-order valence-electron chi connectivity index (χ3n) is 0.995. The molecule has 0 aliphatic rings. The van der Waals surface area contributed by atoms with Crippen molar-refractivity contribution < 1.29 is 9.90 Å². The lowest BCUT2D eigenvalue weighted by Crippen LogP contribution is -1.96. The van der Waals surface area contributed by atoms with Crippen LogP contribution in [0.1, 0.15) is 13.3 Å². The molecule has 1 unspecified atom stereocenters. The highest BCUT2D eigenvalue weighted by atomic mass is 32.2. The van der Waals surface area contributed by atoms with E-state index in [2.05, 4.69) is 11.8 Å². The van der Waals surface area contributed by atoms with Gasteiger partial charge in [-0.15, -0.1) is 11.8 Å². The average molecular weight is 158 g/mol. The summed E-state index contributed by atoms with van der Waals surface area (Å²) < 4.78 is 0. The van der Waals surface area contributed by atoms with Crippen molar-refractivity contribution in [1.82, 2.24) is 0 Å². The quantitative estimate of drug-likeness (QED) is 0.614. The Kier molecular flexibility index (Phi) is 4.87. The van der Waals surface area contributed by atoms with Crippen LogP contribution in [0.2, 0.25) is 0 Å². The molecule has 1 N–H and O–H groups in total. The molecule has 0 bridgehead atoms. The zero-order valence-electron chi connectivity index (χ0n) is 6.05. The van der Waals surface area contributed by atoms with Crippen LogP contribution in [0.3, 0.4) is 0 Å². The van der Waals surface area contributed by atoms with Gasteiger partial charge >= 0.3 is 5.97 Å². The number of carboxylic acid groups (broad SMARTS) is 1. The predicted molar refractivity (Wildman–Crippen MR) is 43.0 cm³/mol. The van der Waals surface area contributed by atoms with Crippen LogP contribution in [0, 0.1) is 11.8 Å². The van der Waals surface area contributed by atoms with E-state index < -0.39 is 5.97 Å². The van der Waals surface area contributed by atoms with Gasteiger partial charge in [-0.3, -0.25) is 0 Å². The van der Waals surface area contributed by atoms with Crippen LogP contribution in [0.5, 0.6) is 0 Å². The van der Waals surface area contributed by atoms with Gasteiger partial charge in [-0.25, -0.2) is 4.79 Å². The third-order valence-corrected chi connectivity index (χ3v) is 2.02. The Morgan fingerprint density at radius 3 is 2.70 bits per heavy atom. The molecule has 3 heteroatoms. The summed E-state index contributed by atoms with van der Waals surface area (Å²) in [7, 11) is 0. The van der Waals surface area contributed by atoms with E-state index in [0.717, 1.165) is 6.42 Å². The first-order valence-corrected chi connectivity index (χ1v) is 4.26. The molecule has 0 aliphatic heterocycles. The Morgan fingerprint density at radius 2 is 2.40 bits per heavy atom. The first kappa shape index (κ1) is 9.38. The van der Waals surface area contributed by atoms with Crippen LogP contribution in [-0.4, -0.2) is 22.6 Å². The molecule has 1 atom stereocenters. The number of hydrogen-bond donors (Lipinski definition) is 1. The van der Waals surface area contributed by atoms with Crippen LogP contribution in [0.25, 0.3) is 0 Å². The van der Waals surface area contributed by atoms with Gasteiger partial charge in [0.15, 0.2) is 0 Å². The summed E-state index contributed by atoms with van der Waals surface area (Å²) >= 11 is 1.57. The summed E-state index contributed by atoms with van der Waals surface area (Å²) in [5.41, 5.74) is 0. The van der Waals surface area contributed by atoms with E-state index in [1.807, 2.05) is 13.2 Å². The van der Waals surface area contributed by atoms with Crippen LogP contribution in [0.15, 0.2) is 0 Å². The SMILES string of the molecule is CCC(C#CC(=O)O)SC. The summed E-state index contributed by atoms with van der Waals surface area (Å²) in [6.45, 7) is 1.98. The number of hydrogen-bond acceptors (Lipinski definition) is 2. The minimum atomic E-state index is -1.05. The van der Waals surface area contributed by atoms with Crippen molar-refractivity contribution in [3.63, 3.8) is 0 Å². The van der Waals surface area contributed by atoms with Crippen molar-refractivity contribution in [2.45, 2.75) is 18.6 Å². The van der Waals surface area contributed by atoms with Gasteiger partial charge in [0.05, 0.1) is 5.25 Å². The van der Waals surface area contributed by atoms with Crippen LogP contribution < -0.4 is 0 Å². The monoisotopic (exact) mass is 158 g/mol. The molecule has 0 aromatic carbocycles. The first-order valence-electron chi connectivity index (χ1n) is 2.98. The Hall–Kier alpha value is -0.620. The van der Waals surface area contributed by atoms with Crippen molar-refractivity contribution in [2.24, 2.45) is 0 Å². The Balaban J connectivity index is 3.86. The Morgan fingerprint density at radius 1 is 1.80 bits per heavy atom. The van der Waals surface area contributed by atoms with Crippen LogP contribution >= 0.6 is 11.8 Å². The highest BCUT2D eigenvalue weighted by Crippen LogP contribution is 2.07. The van der Waals surface area contributed by atoms with E-state index in [-0.39, 0.29) is 5.25 Å². The van der Waals surface area contributed by atoms with Gasteiger partial charge < -0.3 is 5.11 Å². The van der Waals surface area contributed by atoms with Crippen LogP contribution in [0.4, 0.5) is 0 Å². The highest BCUT2D eigenvalue weighted by molar-refractivity contribution is 7.99. The molecular weight excluding hydrogens is 148 g/mol. The summed E-state index contributed by atoms with van der Waals surface area (Å²) in [6.07, 6.45) is 2.81. The van der Waals surface area contributed by atoms with Gasteiger partial charge in [0.1, 0.15) is 0 Å². The molecule has 10 heavy (non-hydrogen) atoms. The fourth-order valence-corrected chi connectivity index (χ4v) is 0.980. The molecule has 0 saturated heterocycles. The van der Waals surface area contributed by atoms with E-state index in [1.54, 1.807) is 11.8 Å². The number of aliphatic carboxylic acids is 1. The molecular formula is C7H10O2S. The van der Waals surface area contributed by atoms with Gasteiger partial charge in [0.2, 0.25) is 0 Å². The molecule has 0 amide bonds. The van der Waals surface area contributed by atoms with E-state index in [4.69, 9.17) is 5.11 Å². The van der Waals surface area contributed by atoms with Crippen molar-refractivity contribution >= 4 is 17.7 Å². The maximum Gasteiger partial charge on any atom is 0.381 e. The highest BCUT2D eigenvalue weighted by Gasteiger charge is 1.96. The van der Waals surface area contributed by atoms with Gasteiger partial charge in [-0.2, -0.15) is 0 Å². The second-order valence-electron chi connectivity index (χ2n) is 1.71. The maximum absolute atomic E-state index is 9.95. The van der Waals surface area contributed by atoms with Crippen molar-refractivity contribution in [3.05, 3.63) is 0 Å². The smallest absolute Gasteiger partial charge is 0.381 e. The summed E-state index contributed by atoms with van der Waals surface area (Å²) in [5, 5.41) is 8.33. The molecule has 0 radical (unpaired) electrons. The minimum absolute atomic E-state index is 0.163. The summed E-state index contributed by atoms with van der Waals surface area (Å²) in [5.74, 6) is 3.68. The molecule has 0 aromatic rings. The molecule has 0 spiro atoms. The number of rotatable bonds is 2. The third kappa shape index (κ3) is 4.28. The number of carbonyl (C=O) groups is 1. The maximum atomic E-state index is 9.95. The predicted octanol–water partition coefficient (Wildman–Crippen LogP) is 1.22. The molecule has 0 fully saturated rings. The van der Waals surface area contributed by atoms with Crippen molar-refractivity contribution in [2.75, 3.05) is 6.26 Å². The van der Waals surface area contributed by atoms with Gasteiger partial charge in [0.25, 0.3) is 0 Å². The standard InChI is InChI=1S/C7H10O2S/c1-3-6(10-2)4-5-7(8)9/h6H,3H2,1-2H3,(H,8,9). The average Bonchev–Trinajstić information content (AvgIpc) is 1.90. The minimum Gasteiger partial charge on any atom is -0.472 e. The molecule has 0 rings (SSSR count). The zero-order valence-corrected chi connectivity index (χ0v) is 6.86. The molecule has 0 aromatic heterocycles. The van der Waals surface area contributed by atoms with E-state index >= 15 is 0 Å². The van der Waals surface area contributed by atoms with Crippen LogP contribution in [-0.2, 0) is 4.79 Å². The van der Waals surface area contributed by atoms with Gasteiger partial charge in [-0.05, 0) is 12.7 Å². The Bertz CT molecular complexity index is 162. The largest absolute Gasteiger partial charge is 0.472 e. The van der Waals surface area contributed by atoms with E-state index in [9.17, 15) is 4.79 Å².